The lowest BCUT2D eigenvalue weighted by molar-refractivity contribution is 0.153. The fraction of sp³-hybridized carbons (Fsp3) is 0.412. The van der Waals surface area contributed by atoms with Gasteiger partial charge in [0.05, 0.1) is 20.3 Å². The average molecular weight is 315 g/mol. The van der Waals surface area contributed by atoms with Gasteiger partial charge in [0, 0.05) is 37.1 Å². The number of aromatic nitrogens is 2. The minimum absolute atomic E-state index is 0.297. The first kappa shape index (κ1) is 15.6. The first-order valence-corrected chi connectivity index (χ1v) is 7.68. The van der Waals surface area contributed by atoms with Gasteiger partial charge >= 0.3 is 0 Å². The van der Waals surface area contributed by atoms with Crippen LogP contribution in [0, 0.1) is 0 Å². The normalized spacial score (nSPS) is 17.9. The van der Waals surface area contributed by atoms with Crippen LogP contribution in [0.5, 0.6) is 11.5 Å². The summed E-state index contributed by atoms with van der Waals surface area (Å²) in [6.45, 7) is 1.47. The molecule has 0 radical (unpaired) electrons. The maximum Gasteiger partial charge on any atom is 0.225 e. The number of β-amino-alcohol motifs (C(OH)–C–C–N with tert-alkyl or cyclic N) is 1. The molecule has 0 spiro atoms. The molecule has 1 N–H and O–H groups in total. The Labute approximate surface area is 135 Å². The molecule has 3 rings (SSSR count). The van der Waals surface area contributed by atoms with E-state index in [1.807, 2.05) is 23.1 Å². The van der Waals surface area contributed by atoms with Gasteiger partial charge in [0.25, 0.3) is 0 Å². The summed E-state index contributed by atoms with van der Waals surface area (Å²) in [4.78, 5) is 10.9. The van der Waals surface area contributed by atoms with Gasteiger partial charge in [0.15, 0.2) is 0 Å². The number of methoxy groups -OCH3 is 2. The molecule has 1 aliphatic heterocycles. The summed E-state index contributed by atoms with van der Waals surface area (Å²) in [5.41, 5.74) is 1.83. The highest BCUT2D eigenvalue weighted by Gasteiger charge is 2.19. The molecule has 0 saturated carbocycles. The molecule has 0 amide bonds. The lowest BCUT2D eigenvalue weighted by atomic mass is 10.1. The summed E-state index contributed by atoms with van der Waals surface area (Å²) >= 11 is 0. The number of piperidine rings is 1. The van der Waals surface area contributed by atoms with Crippen LogP contribution in [0.15, 0.2) is 30.6 Å². The second-order valence-corrected chi connectivity index (χ2v) is 5.62. The van der Waals surface area contributed by atoms with E-state index in [9.17, 15) is 5.11 Å². The van der Waals surface area contributed by atoms with Gasteiger partial charge in [-0.05, 0) is 30.5 Å². The van der Waals surface area contributed by atoms with E-state index in [-0.39, 0.29) is 6.10 Å². The number of rotatable bonds is 4. The molecule has 2 aromatic rings. The number of nitrogens with zero attached hydrogens (tertiary/aromatic N) is 3. The Kier molecular flexibility index (Phi) is 4.62. The van der Waals surface area contributed by atoms with Crippen LogP contribution < -0.4 is 14.4 Å². The Hall–Kier alpha value is -2.34. The molecule has 1 aromatic carbocycles. The van der Waals surface area contributed by atoms with Crippen LogP contribution in [0.4, 0.5) is 5.95 Å². The fourth-order valence-electron chi connectivity index (χ4n) is 2.74. The van der Waals surface area contributed by atoms with Crippen LogP contribution in [0.3, 0.4) is 0 Å². The van der Waals surface area contributed by atoms with Gasteiger partial charge in [-0.25, -0.2) is 9.97 Å². The predicted molar refractivity (Wildman–Crippen MR) is 88.0 cm³/mol. The number of ether oxygens (including phenoxy) is 2. The number of hydrogen-bond donors (Lipinski definition) is 1. The minimum atomic E-state index is -0.297. The number of hydrogen-bond acceptors (Lipinski definition) is 6. The standard InChI is InChI=1S/C17H21N3O3/c1-22-15-6-12(7-16(8-15)23-2)13-9-18-17(19-10-13)20-5-3-4-14(21)11-20/h6-10,14,21H,3-5,11H2,1-2H3. The van der Waals surface area contributed by atoms with Crippen molar-refractivity contribution in [3.63, 3.8) is 0 Å². The molecule has 1 aliphatic rings. The van der Waals surface area contributed by atoms with E-state index >= 15 is 0 Å². The van der Waals surface area contributed by atoms with Gasteiger partial charge in [-0.15, -0.1) is 0 Å². The van der Waals surface area contributed by atoms with Gasteiger partial charge in [-0.1, -0.05) is 0 Å². The minimum Gasteiger partial charge on any atom is -0.497 e. The lowest BCUT2D eigenvalue weighted by Crippen LogP contribution is -2.39. The Morgan fingerprint density at radius 2 is 1.70 bits per heavy atom. The Morgan fingerprint density at radius 3 is 2.26 bits per heavy atom. The summed E-state index contributed by atoms with van der Waals surface area (Å²) in [6.07, 6.45) is 5.08. The third-order valence-electron chi connectivity index (χ3n) is 4.00. The quantitative estimate of drug-likeness (QED) is 0.932. The molecular formula is C17H21N3O3. The second kappa shape index (κ2) is 6.83. The molecule has 1 fully saturated rings. The summed E-state index contributed by atoms with van der Waals surface area (Å²) in [5, 5.41) is 9.76. The maximum absolute atomic E-state index is 9.76. The third-order valence-corrected chi connectivity index (χ3v) is 4.00. The molecular weight excluding hydrogens is 294 g/mol. The summed E-state index contributed by atoms with van der Waals surface area (Å²) in [5.74, 6) is 2.10. The van der Waals surface area contributed by atoms with E-state index < -0.39 is 0 Å². The Balaban J connectivity index is 1.84. The van der Waals surface area contributed by atoms with E-state index in [4.69, 9.17) is 9.47 Å². The highest BCUT2D eigenvalue weighted by molar-refractivity contribution is 5.66. The lowest BCUT2D eigenvalue weighted by Gasteiger charge is -2.29. The highest BCUT2D eigenvalue weighted by Crippen LogP contribution is 2.29. The van der Waals surface area contributed by atoms with Crippen molar-refractivity contribution in [2.75, 3.05) is 32.2 Å². The molecule has 1 atom stereocenters. The topological polar surface area (TPSA) is 67.7 Å². The molecule has 6 nitrogen and oxygen atoms in total. The molecule has 6 heteroatoms. The third kappa shape index (κ3) is 3.53. The van der Waals surface area contributed by atoms with Crippen LogP contribution in [-0.2, 0) is 0 Å². The summed E-state index contributed by atoms with van der Waals surface area (Å²) < 4.78 is 10.6. The van der Waals surface area contributed by atoms with Crippen LogP contribution in [-0.4, -0.2) is 48.5 Å². The molecule has 122 valence electrons. The van der Waals surface area contributed by atoms with E-state index in [1.54, 1.807) is 26.6 Å². The van der Waals surface area contributed by atoms with E-state index in [1.165, 1.54) is 0 Å². The summed E-state index contributed by atoms with van der Waals surface area (Å²) in [7, 11) is 3.25. The number of aliphatic hydroxyl groups excluding tert-OH is 1. The van der Waals surface area contributed by atoms with Gasteiger partial charge in [0.1, 0.15) is 11.5 Å². The maximum atomic E-state index is 9.76. The smallest absolute Gasteiger partial charge is 0.225 e. The van der Waals surface area contributed by atoms with Crippen LogP contribution in [0.1, 0.15) is 12.8 Å². The van der Waals surface area contributed by atoms with Crippen molar-refractivity contribution in [3.8, 4) is 22.6 Å². The van der Waals surface area contributed by atoms with Crippen molar-refractivity contribution in [2.24, 2.45) is 0 Å². The number of anilines is 1. The van der Waals surface area contributed by atoms with Crippen LogP contribution >= 0.6 is 0 Å². The average Bonchev–Trinajstić information content (AvgIpc) is 2.61. The fourth-order valence-corrected chi connectivity index (χ4v) is 2.74. The Bertz CT molecular complexity index is 638. The van der Waals surface area contributed by atoms with Crippen molar-refractivity contribution in [1.82, 2.24) is 9.97 Å². The van der Waals surface area contributed by atoms with Crippen molar-refractivity contribution in [3.05, 3.63) is 30.6 Å². The van der Waals surface area contributed by atoms with Crippen molar-refractivity contribution in [1.29, 1.82) is 0 Å². The van der Waals surface area contributed by atoms with E-state index in [2.05, 4.69) is 9.97 Å². The van der Waals surface area contributed by atoms with Crippen LogP contribution in [0.2, 0.25) is 0 Å². The molecule has 1 unspecified atom stereocenters. The monoisotopic (exact) mass is 315 g/mol. The molecule has 0 aliphatic carbocycles. The molecule has 1 aromatic heterocycles. The first-order valence-electron chi connectivity index (χ1n) is 7.68. The van der Waals surface area contributed by atoms with Crippen molar-refractivity contribution in [2.45, 2.75) is 18.9 Å². The van der Waals surface area contributed by atoms with Crippen molar-refractivity contribution < 1.29 is 14.6 Å². The molecule has 23 heavy (non-hydrogen) atoms. The molecule has 1 saturated heterocycles. The van der Waals surface area contributed by atoms with Gasteiger partial charge in [-0.2, -0.15) is 0 Å². The number of benzene rings is 1. The summed E-state index contributed by atoms with van der Waals surface area (Å²) in [6, 6.07) is 5.67. The first-order chi connectivity index (χ1) is 11.2. The molecule has 0 bridgehead atoms. The van der Waals surface area contributed by atoms with Crippen molar-refractivity contribution >= 4 is 5.95 Å². The SMILES string of the molecule is COc1cc(OC)cc(-c2cnc(N3CCCC(O)C3)nc2)c1. The molecule has 2 heterocycles. The highest BCUT2D eigenvalue weighted by atomic mass is 16.5. The van der Waals surface area contributed by atoms with Crippen LogP contribution in [0.25, 0.3) is 11.1 Å². The zero-order valence-electron chi connectivity index (χ0n) is 13.4. The van der Waals surface area contributed by atoms with Gasteiger partial charge in [-0.3, -0.25) is 0 Å². The number of aliphatic hydroxyl groups is 1. The van der Waals surface area contributed by atoms with Gasteiger partial charge in [0.2, 0.25) is 5.95 Å². The predicted octanol–water partition coefficient (Wildman–Crippen LogP) is 2.12. The largest absolute Gasteiger partial charge is 0.497 e. The zero-order valence-corrected chi connectivity index (χ0v) is 13.4. The zero-order chi connectivity index (χ0) is 16.2. The second-order valence-electron chi connectivity index (χ2n) is 5.62. The van der Waals surface area contributed by atoms with Gasteiger partial charge < -0.3 is 19.5 Å². The Morgan fingerprint density at radius 1 is 1.04 bits per heavy atom. The van der Waals surface area contributed by atoms with E-state index in [0.29, 0.717) is 12.5 Å². The van der Waals surface area contributed by atoms with E-state index in [0.717, 1.165) is 42.0 Å².